The minimum Gasteiger partial charge on any atom is -0.497 e. The number of benzene rings is 3. The molecule has 3 amide bonds. The summed E-state index contributed by atoms with van der Waals surface area (Å²) in [5, 5.41) is 2.95. The standard InChI is InChI=1S/C33H38N4O4/c1-3-28(24-9-5-4-6-10-24)32(39)37-21-19-35(20-22-37)30-16-13-26(23-29(30)33(40)36-17-7-8-18-36)34-31(38)25-11-14-27(41-2)15-12-25/h4-6,9-16,23,28H,3,7-8,17-22H2,1-2H3,(H,34,38)/t28-/m1/s1. The first-order valence-corrected chi connectivity index (χ1v) is 14.5. The van der Waals surface area contributed by atoms with Crippen molar-refractivity contribution in [2.75, 3.05) is 56.6 Å². The Morgan fingerprint density at radius 2 is 1.51 bits per heavy atom. The Bertz CT molecular complexity index is 1360. The highest BCUT2D eigenvalue weighted by Crippen LogP contribution is 2.30. The summed E-state index contributed by atoms with van der Waals surface area (Å²) in [6.07, 6.45) is 2.74. The molecule has 2 saturated heterocycles. The van der Waals surface area contributed by atoms with Crippen LogP contribution < -0.4 is 15.0 Å². The average molecular weight is 555 g/mol. The van der Waals surface area contributed by atoms with E-state index in [1.807, 2.05) is 52.3 Å². The number of anilines is 2. The van der Waals surface area contributed by atoms with Gasteiger partial charge in [0.25, 0.3) is 11.8 Å². The monoisotopic (exact) mass is 554 g/mol. The molecule has 214 valence electrons. The second kappa shape index (κ2) is 12.9. The highest BCUT2D eigenvalue weighted by atomic mass is 16.5. The molecule has 2 aliphatic heterocycles. The van der Waals surface area contributed by atoms with Crippen LogP contribution in [0.1, 0.15) is 58.4 Å². The Hall–Kier alpha value is -4.33. The van der Waals surface area contributed by atoms with E-state index in [1.54, 1.807) is 37.4 Å². The van der Waals surface area contributed by atoms with Gasteiger partial charge in [-0.25, -0.2) is 0 Å². The van der Waals surface area contributed by atoms with Gasteiger partial charge in [-0.15, -0.1) is 0 Å². The van der Waals surface area contributed by atoms with Crippen LogP contribution in [0.5, 0.6) is 5.75 Å². The Labute approximate surface area is 241 Å². The summed E-state index contributed by atoms with van der Waals surface area (Å²) in [5.74, 6) is 0.408. The number of ether oxygens (including phenoxy) is 1. The van der Waals surface area contributed by atoms with Gasteiger partial charge in [0.2, 0.25) is 5.91 Å². The number of hydrogen-bond acceptors (Lipinski definition) is 5. The molecule has 0 saturated carbocycles. The Morgan fingerprint density at radius 1 is 0.829 bits per heavy atom. The summed E-state index contributed by atoms with van der Waals surface area (Å²) in [5.41, 5.74) is 3.54. The highest BCUT2D eigenvalue weighted by Gasteiger charge is 2.30. The second-order valence-electron chi connectivity index (χ2n) is 10.6. The lowest BCUT2D eigenvalue weighted by molar-refractivity contribution is -0.133. The average Bonchev–Trinajstić information content (AvgIpc) is 3.57. The summed E-state index contributed by atoms with van der Waals surface area (Å²) in [4.78, 5) is 46.0. The first-order chi connectivity index (χ1) is 20.0. The fourth-order valence-electron chi connectivity index (χ4n) is 5.72. The van der Waals surface area contributed by atoms with E-state index in [0.717, 1.165) is 43.6 Å². The van der Waals surface area contributed by atoms with Crippen LogP contribution in [0.15, 0.2) is 72.8 Å². The van der Waals surface area contributed by atoms with E-state index in [-0.39, 0.29) is 23.6 Å². The van der Waals surface area contributed by atoms with Gasteiger partial charge in [0.05, 0.1) is 18.6 Å². The van der Waals surface area contributed by atoms with Crippen LogP contribution in [0.25, 0.3) is 0 Å². The van der Waals surface area contributed by atoms with Crippen LogP contribution in [0, 0.1) is 0 Å². The third kappa shape index (κ3) is 6.37. The molecular weight excluding hydrogens is 516 g/mol. The predicted octanol–water partition coefficient (Wildman–Crippen LogP) is 5.03. The molecule has 2 fully saturated rings. The Kier molecular flexibility index (Phi) is 8.87. The predicted molar refractivity (Wildman–Crippen MR) is 161 cm³/mol. The maximum atomic E-state index is 13.7. The van der Waals surface area contributed by atoms with Crippen LogP contribution in [0.3, 0.4) is 0 Å². The molecule has 8 heteroatoms. The Balaban J connectivity index is 1.32. The molecule has 0 unspecified atom stereocenters. The molecule has 1 N–H and O–H groups in total. The fraction of sp³-hybridized carbons (Fsp3) is 0.364. The van der Waals surface area contributed by atoms with Gasteiger partial charge in [-0.1, -0.05) is 37.3 Å². The molecule has 0 spiro atoms. The van der Waals surface area contributed by atoms with Gasteiger partial charge in [0.15, 0.2) is 0 Å². The summed E-state index contributed by atoms with van der Waals surface area (Å²) in [6, 6.07) is 22.4. The number of rotatable bonds is 8. The van der Waals surface area contributed by atoms with Crippen molar-refractivity contribution in [2.24, 2.45) is 0 Å². The van der Waals surface area contributed by atoms with E-state index in [2.05, 4.69) is 17.1 Å². The molecule has 1 atom stereocenters. The number of nitrogens with one attached hydrogen (secondary N) is 1. The third-order valence-corrected chi connectivity index (χ3v) is 8.07. The molecule has 3 aromatic carbocycles. The van der Waals surface area contributed by atoms with Gasteiger partial charge in [0, 0.05) is 56.2 Å². The van der Waals surface area contributed by atoms with Crippen molar-refractivity contribution in [2.45, 2.75) is 32.1 Å². The number of methoxy groups -OCH3 is 1. The first-order valence-electron chi connectivity index (χ1n) is 14.5. The van der Waals surface area contributed by atoms with E-state index in [0.29, 0.717) is 48.7 Å². The summed E-state index contributed by atoms with van der Waals surface area (Å²) >= 11 is 0. The van der Waals surface area contributed by atoms with E-state index in [1.165, 1.54) is 0 Å². The molecule has 8 nitrogen and oxygen atoms in total. The van der Waals surface area contributed by atoms with E-state index in [9.17, 15) is 14.4 Å². The normalized spacial score (nSPS) is 15.9. The number of amides is 3. The lowest BCUT2D eigenvalue weighted by atomic mass is 9.94. The molecule has 5 rings (SSSR count). The van der Waals surface area contributed by atoms with Crippen LogP contribution in [0.2, 0.25) is 0 Å². The van der Waals surface area contributed by atoms with Gasteiger partial charge >= 0.3 is 0 Å². The summed E-state index contributed by atoms with van der Waals surface area (Å²) in [7, 11) is 1.58. The quantitative estimate of drug-likeness (QED) is 0.423. The van der Waals surface area contributed by atoms with Gasteiger partial charge in [-0.2, -0.15) is 0 Å². The van der Waals surface area contributed by atoms with Gasteiger partial charge in [0.1, 0.15) is 5.75 Å². The molecule has 0 radical (unpaired) electrons. The lowest BCUT2D eigenvalue weighted by Crippen LogP contribution is -2.50. The van der Waals surface area contributed by atoms with Gasteiger partial charge in [-0.3, -0.25) is 14.4 Å². The number of piperazine rings is 1. The van der Waals surface area contributed by atoms with Crippen molar-refractivity contribution in [3.05, 3.63) is 89.5 Å². The van der Waals surface area contributed by atoms with Crippen LogP contribution in [-0.2, 0) is 4.79 Å². The lowest BCUT2D eigenvalue weighted by Gasteiger charge is -2.38. The first kappa shape index (κ1) is 28.2. The summed E-state index contributed by atoms with van der Waals surface area (Å²) < 4.78 is 5.19. The maximum Gasteiger partial charge on any atom is 0.256 e. The minimum absolute atomic E-state index is 0.0216. The number of likely N-dealkylation sites (tertiary alicyclic amines) is 1. The smallest absolute Gasteiger partial charge is 0.256 e. The molecule has 3 aromatic rings. The van der Waals surface area contributed by atoms with Gasteiger partial charge in [-0.05, 0) is 67.3 Å². The van der Waals surface area contributed by atoms with Crippen molar-refractivity contribution < 1.29 is 19.1 Å². The molecule has 2 aliphatic rings. The number of carbonyl (C=O) groups is 3. The van der Waals surface area contributed by atoms with Crippen LogP contribution in [-0.4, -0.2) is 73.9 Å². The maximum absolute atomic E-state index is 13.7. The molecule has 0 aliphatic carbocycles. The second-order valence-corrected chi connectivity index (χ2v) is 10.6. The van der Waals surface area contributed by atoms with Crippen LogP contribution >= 0.6 is 0 Å². The minimum atomic E-state index is -0.254. The zero-order valence-electron chi connectivity index (χ0n) is 23.8. The third-order valence-electron chi connectivity index (χ3n) is 8.07. The SMILES string of the molecule is CC[C@@H](C(=O)N1CCN(c2ccc(NC(=O)c3ccc(OC)cc3)cc2C(=O)N2CCCC2)CC1)c1ccccc1. The van der Waals surface area contributed by atoms with E-state index in [4.69, 9.17) is 4.74 Å². The molecule has 2 heterocycles. The van der Waals surface area contributed by atoms with E-state index < -0.39 is 0 Å². The van der Waals surface area contributed by atoms with Crippen molar-refractivity contribution >= 4 is 29.1 Å². The highest BCUT2D eigenvalue weighted by molar-refractivity contribution is 6.06. The fourth-order valence-corrected chi connectivity index (χ4v) is 5.72. The largest absolute Gasteiger partial charge is 0.497 e. The molecule has 0 aromatic heterocycles. The van der Waals surface area contributed by atoms with E-state index >= 15 is 0 Å². The molecule has 41 heavy (non-hydrogen) atoms. The molecule has 0 bridgehead atoms. The topological polar surface area (TPSA) is 82.2 Å². The summed E-state index contributed by atoms with van der Waals surface area (Å²) in [6.45, 7) is 5.98. The molecular formula is C33H38N4O4. The zero-order chi connectivity index (χ0) is 28.8. The van der Waals surface area contributed by atoms with Crippen LogP contribution in [0.4, 0.5) is 11.4 Å². The van der Waals surface area contributed by atoms with Crippen molar-refractivity contribution in [1.82, 2.24) is 9.80 Å². The van der Waals surface area contributed by atoms with Crippen molar-refractivity contribution in [1.29, 1.82) is 0 Å². The van der Waals surface area contributed by atoms with Gasteiger partial charge < -0.3 is 24.8 Å². The number of nitrogens with zero attached hydrogens (tertiary/aromatic N) is 3. The zero-order valence-corrected chi connectivity index (χ0v) is 23.8. The van der Waals surface area contributed by atoms with Crippen molar-refractivity contribution in [3.63, 3.8) is 0 Å². The van der Waals surface area contributed by atoms with Crippen molar-refractivity contribution in [3.8, 4) is 5.75 Å². The Morgan fingerprint density at radius 3 is 2.15 bits per heavy atom. The number of hydrogen-bond donors (Lipinski definition) is 1. The number of carbonyl (C=O) groups excluding carboxylic acids is 3.